The van der Waals surface area contributed by atoms with Crippen molar-refractivity contribution in [3.8, 4) is 33.1 Å². The molecular formula is C22H13FN6S. The molecule has 0 saturated carbocycles. The minimum Gasteiger partial charge on any atom is -0.335 e. The third kappa shape index (κ3) is 2.69. The Labute approximate surface area is 173 Å². The molecular weight excluding hydrogens is 399 g/mol. The van der Waals surface area contributed by atoms with Crippen molar-refractivity contribution >= 4 is 33.3 Å². The number of hydrogen-bond acceptors (Lipinski definition) is 5. The van der Waals surface area contributed by atoms with Gasteiger partial charge >= 0.3 is 0 Å². The van der Waals surface area contributed by atoms with Crippen molar-refractivity contribution in [3.63, 3.8) is 0 Å². The van der Waals surface area contributed by atoms with Crippen LogP contribution in [0.2, 0.25) is 0 Å². The van der Waals surface area contributed by atoms with E-state index in [9.17, 15) is 4.39 Å². The monoisotopic (exact) mass is 412 g/mol. The van der Waals surface area contributed by atoms with Crippen LogP contribution < -0.4 is 0 Å². The zero-order valence-corrected chi connectivity index (χ0v) is 16.2. The van der Waals surface area contributed by atoms with Gasteiger partial charge in [0.15, 0.2) is 11.0 Å². The van der Waals surface area contributed by atoms with Crippen molar-refractivity contribution < 1.29 is 4.39 Å². The van der Waals surface area contributed by atoms with Gasteiger partial charge in [-0.1, -0.05) is 12.1 Å². The van der Waals surface area contributed by atoms with Gasteiger partial charge in [-0.25, -0.2) is 4.98 Å². The fourth-order valence-corrected chi connectivity index (χ4v) is 4.33. The summed E-state index contributed by atoms with van der Waals surface area (Å²) in [6.45, 7) is 0. The number of benzene rings is 1. The Morgan fingerprint density at radius 1 is 0.900 bits per heavy atom. The van der Waals surface area contributed by atoms with Crippen molar-refractivity contribution in [2.75, 3.05) is 0 Å². The van der Waals surface area contributed by atoms with E-state index in [1.54, 1.807) is 24.7 Å². The van der Waals surface area contributed by atoms with E-state index in [-0.39, 0.29) is 5.13 Å². The first kappa shape index (κ1) is 17.0. The summed E-state index contributed by atoms with van der Waals surface area (Å²) in [6, 6.07) is 13.2. The fourth-order valence-electron chi connectivity index (χ4n) is 3.59. The standard InChI is InChI=1S/C22H13FN6S/c23-19-6-5-18(30-19)15-10-25-11-17-20(15)27-22(26-17)21-14-8-12(3-4-16(14)28-29-21)13-2-1-7-24-9-13/h1-11H,(H,26,27)(H,28,29). The molecule has 0 spiro atoms. The second kappa shape index (κ2) is 6.57. The number of aromatic nitrogens is 6. The Balaban J connectivity index is 1.52. The van der Waals surface area contributed by atoms with Crippen LogP contribution in [-0.2, 0) is 0 Å². The molecule has 2 N–H and O–H groups in total. The minimum absolute atomic E-state index is 0.237. The van der Waals surface area contributed by atoms with Crippen LogP contribution in [0.4, 0.5) is 4.39 Å². The molecule has 6 aromatic rings. The predicted molar refractivity (Wildman–Crippen MR) is 115 cm³/mol. The lowest BCUT2D eigenvalue weighted by atomic mass is 10.0. The van der Waals surface area contributed by atoms with Crippen molar-refractivity contribution in [2.24, 2.45) is 0 Å². The number of rotatable bonds is 3. The Morgan fingerprint density at radius 3 is 2.70 bits per heavy atom. The van der Waals surface area contributed by atoms with E-state index in [4.69, 9.17) is 4.98 Å². The summed E-state index contributed by atoms with van der Waals surface area (Å²) in [6.07, 6.45) is 7.02. The summed E-state index contributed by atoms with van der Waals surface area (Å²) in [5, 5.41) is 8.27. The third-order valence-electron chi connectivity index (χ3n) is 5.01. The van der Waals surface area contributed by atoms with Crippen LogP contribution in [0.1, 0.15) is 0 Å². The quantitative estimate of drug-likeness (QED) is 0.406. The van der Waals surface area contributed by atoms with E-state index < -0.39 is 0 Å². The Kier molecular flexibility index (Phi) is 3.72. The van der Waals surface area contributed by atoms with Crippen LogP contribution in [0.25, 0.3) is 55.0 Å². The van der Waals surface area contributed by atoms with Crippen molar-refractivity contribution in [3.05, 3.63) is 72.4 Å². The topological polar surface area (TPSA) is 83.1 Å². The molecule has 6 nitrogen and oxygen atoms in total. The van der Waals surface area contributed by atoms with Crippen molar-refractivity contribution in [1.29, 1.82) is 0 Å². The van der Waals surface area contributed by atoms with Gasteiger partial charge in [0.1, 0.15) is 11.2 Å². The highest BCUT2D eigenvalue weighted by atomic mass is 32.1. The number of H-pyrrole nitrogens is 2. The zero-order valence-electron chi connectivity index (χ0n) is 15.4. The molecule has 0 fully saturated rings. The predicted octanol–water partition coefficient (Wildman–Crippen LogP) is 5.43. The number of pyridine rings is 2. The molecule has 0 aliphatic carbocycles. The normalized spacial score (nSPS) is 11.5. The first-order valence-corrected chi connectivity index (χ1v) is 10.1. The second-order valence-corrected chi connectivity index (χ2v) is 7.88. The maximum absolute atomic E-state index is 13.5. The highest BCUT2D eigenvalue weighted by Gasteiger charge is 2.17. The molecule has 5 aromatic heterocycles. The number of thiophene rings is 1. The summed E-state index contributed by atoms with van der Waals surface area (Å²) in [4.78, 5) is 17.4. The molecule has 8 heteroatoms. The Morgan fingerprint density at radius 2 is 1.87 bits per heavy atom. The van der Waals surface area contributed by atoms with Crippen molar-refractivity contribution in [2.45, 2.75) is 0 Å². The first-order chi connectivity index (χ1) is 14.8. The van der Waals surface area contributed by atoms with Gasteiger partial charge in [0.25, 0.3) is 0 Å². The maximum atomic E-state index is 13.5. The number of nitrogens with one attached hydrogen (secondary N) is 2. The maximum Gasteiger partial charge on any atom is 0.176 e. The molecule has 0 saturated heterocycles. The molecule has 1 aromatic carbocycles. The van der Waals surface area contributed by atoms with Gasteiger partial charge in [0.05, 0.1) is 17.2 Å². The molecule has 30 heavy (non-hydrogen) atoms. The fraction of sp³-hybridized carbons (Fsp3) is 0. The number of nitrogens with zero attached hydrogens (tertiary/aromatic N) is 4. The zero-order chi connectivity index (χ0) is 20.1. The lowest BCUT2D eigenvalue weighted by molar-refractivity contribution is 0.657. The van der Waals surface area contributed by atoms with Gasteiger partial charge in [0.2, 0.25) is 0 Å². The summed E-state index contributed by atoms with van der Waals surface area (Å²) < 4.78 is 13.5. The van der Waals surface area contributed by atoms with E-state index in [2.05, 4.69) is 31.2 Å². The molecule has 0 atom stereocenters. The summed E-state index contributed by atoms with van der Waals surface area (Å²) >= 11 is 1.08. The van der Waals surface area contributed by atoms with E-state index in [0.717, 1.165) is 60.5 Å². The number of fused-ring (bicyclic) bond motifs is 2. The van der Waals surface area contributed by atoms with Gasteiger partial charge in [-0.05, 0) is 35.9 Å². The van der Waals surface area contributed by atoms with Gasteiger partial charge < -0.3 is 4.98 Å². The third-order valence-corrected chi connectivity index (χ3v) is 5.92. The van der Waals surface area contributed by atoms with Crippen LogP contribution in [0.3, 0.4) is 0 Å². The first-order valence-electron chi connectivity index (χ1n) is 9.24. The molecule has 6 rings (SSSR count). The Bertz CT molecular complexity index is 1520. The molecule has 5 heterocycles. The van der Waals surface area contributed by atoms with Gasteiger partial charge in [-0.3, -0.25) is 15.1 Å². The van der Waals surface area contributed by atoms with Gasteiger partial charge in [-0.2, -0.15) is 9.49 Å². The highest BCUT2D eigenvalue weighted by molar-refractivity contribution is 7.14. The average molecular weight is 412 g/mol. The van der Waals surface area contributed by atoms with Crippen LogP contribution in [0, 0.1) is 5.13 Å². The SMILES string of the molecule is Fc1ccc(-c2cncc3[nH]c(-c4n[nH]c5ccc(-c6cccnc6)cc45)nc23)s1. The van der Waals surface area contributed by atoms with Gasteiger partial charge in [-0.15, -0.1) is 11.3 Å². The van der Waals surface area contributed by atoms with Crippen LogP contribution in [0.15, 0.2) is 67.3 Å². The van der Waals surface area contributed by atoms with E-state index in [1.807, 2.05) is 30.5 Å². The molecule has 0 bridgehead atoms. The second-order valence-electron chi connectivity index (χ2n) is 6.85. The molecule has 0 radical (unpaired) electrons. The Hall–Kier alpha value is -3.91. The van der Waals surface area contributed by atoms with E-state index in [0.29, 0.717) is 5.82 Å². The van der Waals surface area contributed by atoms with Gasteiger partial charge in [0, 0.05) is 40.0 Å². The summed E-state index contributed by atoms with van der Waals surface area (Å²) in [5.41, 5.74) is 6.01. The molecule has 0 unspecified atom stereocenters. The molecule has 0 amide bonds. The largest absolute Gasteiger partial charge is 0.335 e. The van der Waals surface area contributed by atoms with Crippen LogP contribution >= 0.6 is 11.3 Å². The molecule has 0 aliphatic heterocycles. The van der Waals surface area contributed by atoms with Crippen LogP contribution in [0.5, 0.6) is 0 Å². The minimum atomic E-state index is -0.237. The van der Waals surface area contributed by atoms with E-state index in [1.165, 1.54) is 6.07 Å². The number of imidazole rings is 1. The van der Waals surface area contributed by atoms with Crippen LogP contribution in [-0.4, -0.2) is 30.1 Å². The average Bonchev–Trinajstić information content (AvgIpc) is 3.51. The smallest absolute Gasteiger partial charge is 0.176 e. The number of aromatic amines is 2. The molecule has 144 valence electrons. The lowest BCUT2D eigenvalue weighted by Crippen LogP contribution is -1.83. The lowest BCUT2D eigenvalue weighted by Gasteiger charge is -2.01. The highest BCUT2D eigenvalue weighted by Crippen LogP contribution is 2.34. The number of halogens is 1. The number of hydrogen-bond donors (Lipinski definition) is 2. The summed E-state index contributed by atoms with van der Waals surface area (Å²) in [7, 11) is 0. The summed E-state index contributed by atoms with van der Waals surface area (Å²) in [5.74, 6) is 0.630. The van der Waals surface area contributed by atoms with Crippen molar-refractivity contribution in [1.82, 2.24) is 30.1 Å². The molecule has 0 aliphatic rings. The van der Waals surface area contributed by atoms with E-state index >= 15 is 0 Å².